The molecule has 0 spiro atoms. The van der Waals surface area contributed by atoms with Gasteiger partial charge in [0.1, 0.15) is 5.75 Å². The van der Waals surface area contributed by atoms with Crippen molar-refractivity contribution in [2.75, 3.05) is 25.0 Å². The molecule has 1 saturated heterocycles. The Hall–Kier alpha value is -2.91. The van der Waals surface area contributed by atoms with Crippen LogP contribution in [0.4, 0.5) is 5.69 Å². The van der Waals surface area contributed by atoms with E-state index < -0.39 is 10.0 Å². The Bertz CT molecular complexity index is 1070. The maximum Gasteiger partial charge on any atom is 0.253 e. The summed E-state index contributed by atoms with van der Waals surface area (Å²) in [6.45, 7) is 1.74. The first-order chi connectivity index (χ1) is 15.3. The number of rotatable bonds is 7. The van der Waals surface area contributed by atoms with Crippen LogP contribution in [0.2, 0.25) is 0 Å². The lowest BCUT2D eigenvalue weighted by atomic mass is 9.95. The predicted octanol–water partition coefficient (Wildman–Crippen LogP) is 2.61. The molecule has 2 aliphatic rings. The van der Waals surface area contributed by atoms with Gasteiger partial charge in [-0.3, -0.25) is 9.59 Å². The zero-order valence-electron chi connectivity index (χ0n) is 17.7. The molecule has 170 valence electrons. The number of piperidine rings is 1. The van der Waals surface area contributed by atoms with Crippen molar-refractivity contribution in [2.45, 2.75) is 30.6 Å². The number of likely N-dealkylation sites (tertiary alicyclic amines) is 1. The first kappa shape index (κ1) is 22.3. The fourth-order valence-corrected chi connectivity index (χ4v) is 4.21. The van der Waals surface area contributed by atoms with Crippen molar-refractivity contribution in [3.05, 3.63) is 54.1 Å². The van der Waals surface area contributed by atoms with Crippen LogP contribution in [0.1, 0.15) is 36.0 Å². The summed E-state index contributed by atoms with van der Waals surface area (Å²) in [5.74, 6) is 1.06. The molecular formula is C23H27N3O5S. The lowest BCUT2D eigenvalue weighted by Gasteiger charge is -2.31. The van der Waals surface area contributed by atoms with Gasteiger partial charge in [-0.05, 0) is 80.1 Å². The highest BCUT2D eigenvalue weighted by atomic mass is 32.2. The molecule has 0 radical (unpaired) electrons. The molecule has 0 bridgehead atoms. The van der Waals surface area contributed by atoms with E-state index in [1.807, 2.05) is 12.1 Å². The molecule has 1 aliphatic heterocycles. The normalized spacial score (nSPS) is 17.1. The number of sulfonamides is 1. The Morgan fingerprint density at radius 2 is 1.59 bits per heavy atom. The summed E-state index contributed by atoms with van der Waals surface area (Å²) in [6.07, 6.45) is 3.59. The molecule has 32 heavy (non-hydrogen) atoms. The molecular weight excluding hydrogens is 430 g/mol. The number of carbonyl (C=O) groups is 2. The number of amides is 2. The van der Waals surface area contributed by atoms with Gasteiger partial charge < -0.3 is 15.0 Å². The molecule has 2 fully saturated rings. The van der Waals surface area contributed by atoms with E-state index >= 15 is 0 Å². The second kappa shape index (κ2) is 9.30. The van der Waals surface area contributed by atoms with Gasteiger partial charge in [0.15, 0.2) is 0 Å². The molecule has 1 saturated carbocycles. The number of primary sulfonamides is 1. The second-order valence-electron chi connectivity index (χ2n) is 8.40. The Kier molecular flexibility index (Phi) is 6.48. The molecule has 3 N–H and O–H groups in total. The number of anilines is 1. The molecule has 9 heteroatoms. The fourth-order valence-electron chi connectivity index (χ4n) is 3.69. The van der Waals surface area contributed by atoms with Gasteiger partial charge in [0, 0.05) is 30.3 Å². The van der Waals surface area contributed by atoms with E-state index in [0.717, 1.165) is 12.4 Å². The molecule has 2 aromatic rings. The topological polar surface area (TPSA) is 119 Å². The quantitative estimate of drug-likeness (QED) is 0.662. The van der Waals surface area contributed by atoms with Gasteiger partial charge in [-0.15, -0.1) is 0 Å². The zero-order chi connectivity index (χ0) is 22.7. The smallest absolute Gasteiger partial charge is 0.253 e. The summed E-state index contributed by atoms with van der Waals surface area (Å²) in [4.78, 5) is 27.1. The second-order valence-corrected chi connectivity index (χ2v) is 9.97. The SMILES string of the molecule is NS(=O)(=O)c1ccc(NC(=O)C2CCN(C(=O)c3ccc(OCC4CC4)cc3)CC2)cc1. The number of hydrogen-bond acceptors (Lipinski definition) is 5. The van der Waals surface area contributed by atoms with Crippen molar-refractivity contribution in [1.29, 1.82) is 0 Å². The zero-order valence-corrected chi connectivity index (χ0v) is 18.5. The van der Waals surface area contributed by atoms with Gasteiger partial charge in [-0.1, -0.05) is 0 Å². The molecule has 0 unspecified atom stereocenters. The monoisotopic (exact) mass is 457 g/mol. The summed E-state index contributed by atoms with van der Waals surface area (Å²) >= 11 is 0. The minimum absolute atomic E-state index is 0.00942. The van der Waals surface area contributed by atoms with Crippen LogP contribution in [0.15, 0.2) is 53.4 Å². The lowest BCUT2D eigenvalue weighted by molar-refractivity contribution is -0.121. The van der Waals surface area contributed by atoms with Crippen LogP contribution in [-0.4, -0.2) is 44.8 Å². The van der Waals surface area contributed by atoms with Crippen molar-refractivity contribution in [1.82, 2.24) is 4.90 Å². The largest absolute Gasteiger partial charge is 0.493 e. The third kappa shape index (κ3) is 5.66. The van der Waals surface area contributed by atoms with Gasteiger partial charge in [0.05, 0.1) is 11.5 Å². The van der Waals surface area contributed by atoms with Crippen LogP contribution in [0.3, 0.4) is 0 Å². The van der Waals surface area contributed by atoms with Crippen LogP contribution in [0.5, 0.6) is 5.75 Å². The van der Waals surface area contributed by atoms with E-state index in [4.69, 9.17) is 9.88 Å². The molecule has 0 aromatic heterocycles. The van der Waals surface area contributed by atoms with Crippen molar-refractivity contribution < 1.29 is 22.7 Å². The maximum atomic E-state index is 12.8. The summed E-state index contributed by atoms with van der Waals surface area (Å²) in [5.41, 5.74) is 1.12. The highest BCUT2D eigenvalue weighted by Gasteiger charge is 2.28. The molecule has 1 aliphatic carbocycles. The van der Waals surface area contributed by atoms with Crippen LogP contribution < -0.4 is 15.2 Å². The van der Waals surface area contributed by atoms with E-state index in [1.54, 1.807) is 17.0 Å². The van der Waals surface area contributed by atoms with E-state index in [0.29, 0.717) is 43.1 Å². The Morgan fingerprint density at radius 3 is 2.16 bits per heavy atom. The summed E-state index contributed by atoms with van der Waals surface area (Å²) < 4.78 is 28.4. The van der Waals surface area contributed by atoms with E-state index in [2.05, 4.69) is 5.32 Å². The minimum Gasteiger partial charge on any atom is -0.493 e. The van der Waals surface area contributed by atoms with Crippen LogP contribution in [0, 0.1) is 11.8 Å². The van der Waals surface area contributed by atoms with Crippen molar-refractivity contribution >= 4 is 27.5 Å². The first-order valence-electron chi connectivity index (χ1n) is 10.8. The standard InChI is InChI=1S/C23H27N3O5S/c24-32(29,30)21-9-5-19(6-10-21)25-22(27)17-11-13-26(14-12-17)23(28)18-3-7-20(8-4-18)31-15-16-1-2-16/h3-10,16-17H,1-2,11-15H2,(H,25,27)(H2,24,29,30). The molecule has 4 rings (SSSR count). The van der Waals surface area contributed by atoms with Crippen LogP contribution >= 0.6 is 0 Å². The number of hydrogen-bond donors (Lipinski definition) is 2. The molecule has 2 aromatic carbocycles. The van der Waals surface area contributed by atoms with Gasteiger partial charge >= 0.3 is 0 Å². The minimum atomic E-state index is -3.77. The van der Waals surface area contributed by atoms with E-state index in [1.165, 1.54) is 37.1 Å². The van der Waals surface area contributed by atoms with Gasteiger partial charge in [0.2, 0.25) is 15.9 Å². The van der Waals surface area contributed by atoms with Crippen molar-refractivity contribution in [3.8, 4) is 5.75 Å². The van der Waals surface area contributed by atoms with Crippen molar-refractivity contribution in [2.24, 2.45) is 17.0 Å². The van der Waals surface area contributed by atoms with E-state index in [-0.39, 0.29) is 22.6 Å². The fraction of sp³-hybridized carbons (Fsp3) is 0.391. The number of carbonyl (C=O) groups excluding carboxylic acids is 2. The third-order valence-corrected chi connectivity index (χ3v) is 6.82. The molecule has 2 amide bonds. The third-order valence-electron chi connectivity index (χ3n) is 5.89. The highest BCUT2D eigenvalue weighted by molar-refractivity contribution is 7.89. The first-order valence-corrected chi connectivity index (χ1v) is 12.3. The van der Waals surface area contributed by atoms with Gasteiger partial charge in [0.25, 0.3) is 5.91 Å². The maximum absolute atomic E-state index is 12.8. The van der Waals surface area contributed by atoms with Gasteiger partial charge in [-0.25, -0.2) is 13.6 Å². The van der Waals surface area contributed by atoms with Crippen LogP contribution in [0.25, 0.3) is 0 Å². The molecule has 8 nitrogen and oxygen atoms in total. The van der Waals surface area contributed by atoms with Crippen LogP contribution in [-0.2, 0) is 14.8 Å². The Labute approximate surface area is 187 Å². The molecule has 1 heterocycles. The average Bonchev–Trinajstić information content (AvgIpc) is 3.62. The summed E-state index contributed by atoms with van der Waals surface area (Å²) in [7, 11) is -3.77. The van der Waals surface area contributed by atoms with Gasteiger partial charge in [-0.2, -0.15) is 0 Å². The number of ether oxygens (including phenoxy) is 1. The van der Waals surface area contributed by atoms with E-state index in [9.17, 15) is 18.0 Å². The number of benzene rings is 2. The highest BCUT2D eigenvalue weighted by Crippen LogP contribution is 2.29. The number of nitrogens with one attached hydrogen (secondary N) is 1. The molecule has 0 atom stereocenters. The lowest BCUT2D eigenvalue weighted by Crippen LogP contribution is -2.41. The number of nitrogens with two attached hydrogens (primary N) is 1. The predicted molar refractivity (Wildman–Crippen MR) is 120 cm³/mol. The average molecular weight is 458 g/mol. The Balaban J connectivity index is 1.26. The summed E-state index contributed by atoms with van der Waals surface area (Å²) in [5, 5.41) is 7.89. The van der Waals surface area contributed by atoms with Crippen molar-refractivity contribution in [3.63, 3.8) is 0 Å². The number of nitrogens with zero attached hydrogens (tertiary/aromatic N) is 1. The summed E-state index contributed by atoms with van der Waals surface area (Å²) in [6, 6.07) is 13.0. The Morgan fingerprint density at radius 1 is 0.969 bits per heavy atom.